The fourth-order valence-corrected chi connectivity index (χ4v) is 2.58. The van der Waals surface area contributed by atoms with Crippen molar-refractivity contribution in [3.63, 3.8) is 0 Å². The fourth-order valence-electron chi connectivity index (χ4n) is 2.03. The van der Waals surface area contributed by atoms with Gasteiger partial charge >= 0.3 is 0 Å². The quantitative estimate of drug-likeness (QED) is 0.738. The Labute approximate surface area is 96.9 Å². The van der Waals surface area contributed by atoms with Crippen LogP contribution >= 0.6 is 0 Å². The highest BCUT2D eigenvalue weighted by Gasteiger charge is 2.25. The average Bonchev–Trinajstić information content (AvgIpc) is 2.11. The van der Waals surface area contributed by atoms with Crippen molar-refractivity contribution in [1.29, 1.82) is 0 Å². The van der Waals surface area contributed by atoms with Gasteiger partial charge < -0.3 is 10.6 Å². The molecule has 1 amide bonds. The van der Waals surface area contributed by atoms with Crippen LogP contribution in [0.2, 0.25) is 0 Å². The lowest BCUT2D eigenvalue weighted by Gasteiger charge is -2.34. The molecular formula is C10H20N2O3S. The van der Waals surface area contributed by atoms with Crippen molar-refractivity contribution in [2.75, 3.05) is 25.1 Å². The number of hydrogen-bond acceptors (Lipinski definition) is 4. The highest BCUT2D eigenvalue weighted by Crippen LogP contribution is 2.15. The van der Waals surface area contributed by atoms with Crippen molar-refractivity contribution in [3.8, 4) is 0 Å². The van der Waals surface area contributed by atoms with Gasteiger partial charge in [0.1, 0.15) is 9.84 Å². The van der Waals surface area contributed by atoms with Crippen LogP contribution in [0.5, 0.6) is 0 Å². The van der Waals surface area contributed by atoms with Crippen LogP contribution in [0.25, 0.3) is 0 Å². The zero-order valence-corrected chi connectivity index (χ0v) is 10.7. The van der Waals surface area contributed by atoms with Crippen molar-refractivity contribution in [2.24, 2.45) is 11.7 Å². The minimum absolute atomic E-state index is 0.0194. The van der Waals surface area contributed by atoms with E-state index in [-0.39, 0.29) is 24.1 Å². The average molecular weight is 248 g/mol. The molecular weight excluding hydrogens is 228 g/mol. The maximum absolute atomic E-state index is 11.7. The lowest BCUT2D eigenvalue weighted by Crippen LogP contribution is -2.49. The number of rotatable bonds is 3. The van der Waals surface area contributed by atoms with Crippen molar-refractivity contribution >= 4 is 15.7 Å². The second-order valence-electron chi connectivity index (χ2n) is 4.78. The molecule has 0 aromatic carbocycles. The lowest BCUT2D eigenvalue weighted by atomic mass is 9.96. The monoisotopic (exact) mass is 248 g/mol. The Kier molecular flexibility index (Phi) is 4.32. The van der Waals surface area contributed by atoms with E-state index in [4.69, 9.17) is 5.73 Å². The summed E-state index contributed by atoms with van der Waals surface area (Å²) in [7, 11) is -3.06. The molecule has 0 aromatic heterocycles. The van der Waals surface area contributed by atoms with Crippen molar-refractivity contribution < 1.29 is 13.2 Å². The first-order valence-electron chi connectivity index (χ1n) is 5.49. The molecule has 16 heavy (non-hydrogen) atoms. The number of nitrogens with two attached hydrogens (primary N) is 1. The Hall–Kier alpha value is -0.620. The molecule has 1 saturated heterocycles. The number of piperidine rings is 1. The van der Waals surface area contributed by atoms with Gasteiger partial charge in [0.25, 0.3) is 0 Å². The van der Waals surface area contributed by atoms with Crippen LogP contribution < -0.4 is 5.73 Å². The molecule has 1 rings (SSSR count). The minimum Gasteiger partial charge on any atom is -0.341 e. The van der Waals surface area contributed by atoms with E-state index < -0.39 is 9.84 Å². The van der Waals surface area contributed by atoms with E-state index in [0.717, 1.165) is 12.7 Å². The van der Waals surface area contributed by atoms with Gasteiger partial charge in [-0.3, -0.25) is 4.79 Å². The molecule has 1 heterocycles. The maximum Gasteiger partial charge on any atom is 0.223 e. The van der Waals surface area contributed by atoms with E-state index >= 15 is 0 Å². The largest absolute Gasteiger partial charge is 0.341 e. The van der Waals surface area contributed by atoms with Gasteiger partial charge in [-0.05, 0) is 12.3 Å². The number of carbonyl (C=O) groups excluding carboxylic acids is 1. The molecule has 0 aromatic rings. The van der Waals surface area contributed by atoms with Gasteiger partial charge in [0.2, 0.25) is 5.91 Å². The van der Waals surface area contributed by atoms with E-state index in [1.807, 2.05) is 0 Å². The summed E-state index contributed by atoms with van der Waals surface area (Å²) >= 11 is 0. The molecule has 2 N–H and O–H groups in total. The van der Waals surface area contributed by atoms with Crippen LogP contribution in [-0.2, 0) is 14.6 Å². The van der Waals surface area contributed by atoms with E-state index in [0.29, 0.717) is 19.0 Å². The fraction of sp³-hybridized carbons (Fsp3) is 0.900. The first-order chi connectivity index (χ1) is 7.28. The van der Waals surface area contributed by atoms with Gasteiger partial charge in [-0.1, -0.05) is 6.92 Å². The minimum atomic E-state index is -3.06. The second kappa shape index (κ2) is 5.14. The van der Waals surface area contributed by atoms with Gasteiger partial charge in [-0.15, -0.1) is 0 Å². The van der Waals surface area contributed by atoms with Gasteiger partial charge in [0.15, 0.2) is 0 Å². The Balaban J connectivity index is 2.47. The molecule has 0 spiro atoms. The molecule has 6 heteroatoms. The summed E-state index contributed by atoms with van der Waals surface area (Å²) in [4.78, 5) is 13.4. The van der Waals surface area contributed by atoms with E-state index in [2.05, 4.69) is 6.92 Å². The van der Waals surface area contributed by atoms with Crippen LogP contribution in [0, 0.1) is 5.92 Å². The third kappa shape index (κ3) is 4.49. The number of nitrogens with zero attached hydrogens (tertiary/aromatic N) is 1. The molecule has 0 aliphatic carbocycles. The van der Waals surface area contributed by atoms with Crippen molar-refractivity contribution in [1.82, 2.24) is 4.90 Å². The van der Waals surface area contributed by atoms with Crippen LogP contribution in [0.15, 0.2) is 0 Å². The van der Waals surface area contributed by atoms with Gasteiger partial charge in [-0.2, -0.15) is 0 Å². The summed E-state index contributed by atoms with van der Waals surface area (Å²) in [5, 5.41) is 0. The number of amides is 1. The van der Waals surface area contributed by atoms with E-state index in [1.165, 1.54) is 0 Å². The standard InChI is InChI=1S/C10H20N2O3S/c1-8-5-9(11)7-12(6-8)10(13)3-4-16(2,14)15/h8-9H,3-7,11H2,1-2H3. The molecule has 1 aliphatic rings. The zero-order valence-electron chi connectivity index (χ0n) is 9.85. The summed E-state index contributed by atoms with van der Waals surface area (Å²) in [6, 6.07) is 0.0194. The summed E-state index contributed by atoms with van der Waals surface area (Å²) in [5.74, 6) is 0.213. The second-order valence-corrected chi connectivity index (χ2v) is 7.04. The highest BCUT2D eigenvalue weighted by molar-refractivity contribution is 7.90. The molecule has 1 fully saturated rings. The van der Waals surface area contributed by atoms with Crippen LogP contribution in [0.4, 0.5) is 0 Å². The molecule has 0 bridgehead atoms. The van der Waals surface area contributed by atoms with Gasteiger partial charge in [-0.25, -0.2) is 8.42 Å². The van der Waals surface area contributed by atoms with Gasteiger partial charge in [0.05, 0.1) is 5.75 Å². The summed E-state index contributed by atoms with van der Waals surface area (Å²) < 4.78 is 21.9. The van der Waals surface area contributed by atoms with E-state index in [9.17, 15) is 13.2 Å². The predicted octanol–water partition coefficient (Wildman–Crippen LogP) is -0.383. The van der Waals surface area contributed by atoms with Crippen molar-refractivity contribution in [3.05, 3.63) is 0 Å². The molecule has 94 valence electrons. The highest BCUT2D eigenvalue weighted by atomic mass is 32.2. The Morgan fingerprint density at radius 3 is 2.56 bits per heavy atom. The first kappa shape index (κ1) is 13.4. The number of carbonyl (C=O) groups is 1. The van der Waals surface area contributed by atoms with E-state index in [1.54, 1.807) is 4.90 Å². The third-order valence-electron chi connectivity index (χ3n) is 2.73. The molecule has 2 atom stereocenters. The number of likely N-dealkylation sites (tertiary alicyclic amines) is 1. The smallest absolute Gasteiger partial charge is 0.223 e. The molecule has 0 radical (unpaired) electrons. The van der Waals surface area contributed by atoms with Crippen LogP contribution in [0.1, 0.15) is 19.8 Å². The Morgan fingerprint density at radius 2 is 2.06 bits per heavy atom. The zero-order chi connectivity index (χ0) is 12.3. The van der Waals surface area contributed by atoms with Crippen LogP contribution in [0.3, 0.4) is 0 Å². The first-order valence-corrected chi connectivity index (χ1v) is 7.55. The van der Waals surface area contributed by atoms with Crippen LogP contribution in [-0.4, -0.2) is 50.4 Å². The molecule has 0 saturated carbocycles. The molecule has 2 unspecified atom stereocenters. The van der Waals surface area contributed by atoms with Gasteiger partial charge in [0, 0.05) is 31.8 Å². The number of sulfone groups is 1. The predicted molar refractivity (Wildman–Crippen MR) is 62.7 cm³/mol. The third-order valence-corrected chi connectivity index (χ3v) is 3.68. The Morgan fingerprint density at radius 1 is 1.44 bits per heavy atom. The maximum atomic E-state index is 11.7. The summed E-state index contributed by atoms with van der Waals surface area (Å²) in [5.41, 5.74) is 5.82. The topological polar surface area (TPSA) is 80.5 Å². The molecule has 1 aliphatic heterocycles. The lowest BCUT2D eigenvalue weighted by molar-refractivity contribution is -0.132. The summed E-state index contributed by atoms with van der Waals surface area (Å²) in [6.45, 7) is 3.29. The summed E-state index contributed by atoms with van der Waals surface area (Å²) in [6.07, 6.45) is 2.14. The SMILES string of the molecule is CC1CC(N)CN(C(=O)CCS(C)(=O)=O)C1. The number of hydrogen-bond donors (Lipinski definition) is 1. The molecule has 5 nitrogen and oxygen atoms in total. The normalized spacial score (nSPS) is 26.8. The Bertz CT molecular complexity index is 343. The van der Waals surface area contributed by atoms with Crippen molar-refractivity contribution in [2.45, 2.75) is 25.8 Å².